The molecule has 0 amide bonds. The first kappa shape index (κ1) is 22.6. The molecule has 116 valence electrons. The molecule has 17 heteroatoms. The maximum absolute atomic E-state index is 6.02. The average Bonchev–Trinajstić information content (AvgIpc) is 2.38. The van der Waals surface area contributed by atoms with Gasteiger partial charge in [-0.25, -0.2) is 0 Å². The second-order valence-corrected chi connectivity index (χ2v) is 17.5. The van der Waals surface area contributed by atoms with Crippen molar-refractivity contribution < 1.29 is 32.9 Å². The van der Waals surface area contributed by atoms with E-state index in [1.54, 1.807) is 0 Å². The van der Waals surface area contributed by atoms with Gasteiger partial charge >= 0.3 is 47.6 Å². The van der Waals surface area contributed by atoms with Crippen LogP contribution >= 0.6 is 0 Å². The first-order valence-corrected chi connectivity index (χ1v) is 16.6. The van der Waals surface area contributed by atoms with E-state index >= 15 is 0 Å². The zero-order valence-corrected chi connectivity index (χ0v) is 21.7. The van der Waals surface area contributed by atoms with Crippen molar-refractivity contribution in [3.63, 3.8) is 0 Å². The highest BCUT2D eigenvalue weighted by Gasteiger charge is 2.51. The fraction of sp³-hybridized carbons (Fsp3) is 1.00. The van der Waals surface area contributed by atoms with Crippen LogP contribution in [0.15, 0.2) is 0 Å². The summed E-state index contributed by atoms with van der Waals surface area (Å²) in [5.74, 6) is 0. The summed E-state index contributed by atoms with van der Waals surface area (Å²) in [6.07, 6.45) is 0. The maximum atomic E-state index is 6.02. The fourth-order valence-electron chi connectivity index (χ4n) is 1.24. The fourth-order valence-corrected chi connectivity index (χ4v) is 15.2. The number of hydrogen-bond donors (Lipinski definition) is 0. The Morgan fingerprint density at radius 1 is 0.810 bits per heavy atom. The third-order valence-corrected chi connectivity index (χ3v) is 13.8. The third kappa shape index (κ3) is 10.9. The van der Waals surface area contributed by atoms with Crippen molar-refractivity contribution in [1.29, 1.82) is 0 Å². The van der Waals surface area contributed by atoms with Crippen LogP contribution in [0.3, 0.4) is 0 Å². The van der Waals surface area contributed by atoms with Gasteiger partial charge in [0, 0.05) is 0 Å². The van der Waals surface area contributed by atoms with E-state index in [1.807, 2.05) is 13.1 Å². The maximum Gasteiger partial charge on any atom is 0.642 e. The van der Waals surface area contributed by atoms with Gasteiger partial charge in [0.15, 0.2) is 40.5 Å². The zero-order valence-electron chi connectivity index (χ0n) is 12.1. The summed E-state index contributed by atoms with van der Waals surface area (Å²) >= 11 is 0. The highest BCUT2D eigenvalue weighted by atomic mass is 28.5. The Kier molecular flexibility index (Phi) is 13.0. The van der Waals surface area contributed by atoms with Gasteiger partial charge in [-0.1, -0.05) is 0 Å². The van der Waals surface area contributed by atoms with Gasteiger partial charge in [0.05, 0.1) is 0 Å². The molecule has 21 heavy (non-hydrogen) atoms. The molecule has 0 saturated heterocycles. The van der Waals surface area contributed by atoms with Crippen LogP contribution in [-0.2, 0) is 32.9 Å². The third-order valence-electron chi connectivity index (χ3n) is 1.53. The molecule has 0 spiro atoms. The first-order valence-electron chi connectivity index (χ1n) is 5.55. The molecule has 0 aliphatic rings. The van der Waals surface area contributed by atoms with Crippen molar-refractivity contribution in [1.82, 2.24) is 0 Å². The van der Waals surface area contributed by atoms with Crippen LogP contribution < -0.4 is 0 Å². The second-order valence-electron chi connectivity index (χ2n) is 4.08. The minimum atomic E-state index is -3.48. The van der Waals surface area contributed by atoms with Crippen LogP contribution in [0.4, 0.5) is 0 Å². The molecule has 0 aliphatic heterocycles. The number of rotatable bonds is 13. The SMILES string of the molecule is C[SiH](C)O[Si](C)(C)O[Si](O[Si]O[SiH])(O[Si]O[SiH])O[Si]O[SiH]. The van der Waals surface area contributed by atoms with Crippen molar-refractivity contribution in [2.24, 2.45) is 0 Å². The summed E-state index contributed by atoms with van der Waals surface area (Å²) in [6, 6.07) is 0. The Morgan fingerprint density at radius 3 is 1.48 bits per heavy atom. The molecule has 0 atom stereocenters. The van der Waals surface area contributed by atoms with Gasteiger partial charge in [0.1, 0.15) is 0 Å². The molecule has 0 aromatic carbocycles. The molecule has 0 unspecified atom stereocenters. The van der Waals surface area contributed by atoms with Crippen LogP contribution in [0.2, 0.25) is 26.2 Å². The van der Waals surface area contributed by atoms with Gasteiger partial charge < -0.3 is 32.9 Å². The van der Waals surface area contributed by atoms with E-state index in [0.29, 0.717) is 0 Å². The van der Waals surface area contributed by atoms with Gasteiger partial charge in [0.2, 0.25) is 0 Å². The lowest BCUT2D eigenvalue weighted by Crippen LogP contribution is -2.59. The highest BCUT2D eigenvalue weighted by molar-refractivity contribution is 6.82. The molecular formula is C4H16O8Si9. The lowest BCUT2D eigenvalue weighted by Gasteiger charge is -2.35. The van der Waals surface area contributed by atoms with Crippen LogP contribution in [0.25, 0.3) is 0 Å². The normalized spacial score (nSPS) is 13.1. The Morgan fingerprint density at radius 2 is 1.19 bits per heavy atom. The lowest BCUT2D eigenvalue weighted by atomic mass is 11.9. The average molecular weight is 445 g/mol. The van der Waals surface area contributed by atoms with E-state index in [-0.39, 0.29) is 30.0 Å². The Hall–Kier alpha value is 1.63. The molecule has 12 radical (unpaired) electrons. The van der Waals surface area contributed by atoms with E-state index in [9.17, 15) is 0 Å². The van der Waals surface area contributed by atoms with Gasteiger partial charge in [-0.3, -0.25) is 0 Å². The summed E-state index contributed by atoms with van der Waals surface area (Å²) < 4.78 is 43.3. The zero-order chi connectivity index (χ0) is 16.4. The van der Waals surface area contributed by atoms with E-state index < -0.39 is 26.6 Å². The summed E-state index contributed by atoms with van der Waals surface area (Å²) in [5, 5.41) is 0. The van der Waals surface area contributed by atoms with Crippen molar-refractivity contribution in [2.75, 3.05) is 0 Å². The summed E-state index contributed by atoms with van der Waals surface area (Å²) in [7, 11) is -1.90. The molecule has 0 aromatic heterocycles. The lowest BCUT2D eigenvalue weighted by molar-refractivity contribution is 0.132. The molecule has 0 rings (SSSR count). The van der Waals surface area contributed by atoms with Crippen LogP contribution in [-0.4, -0.2) is 88.1 Å². The molecule has 8 nitrogen and oxygen atoms in total. The molecule has 0 saturated carbocycles. The van der Waals surface area contributed by atoms with E-state index in [2.05, 4.69) is 44.6 Å². The summed E-state index contributed by atoms with van der Waals surface area (Å²) in [4.78, 5) is 0. The highest BCUT2D eigenvalue weighted by Crippen LogP contribution is 2.19. The van der Waals surface area contributed by atoms with Crippen LogP contribution in [0.5, 0.6) is 0 Å². The smallest absolute Gasteiger partial charge is 0.439 e. The van der Waals surface area contributed by atoms with Gasteiger partial charge in [0.25, 0.3) is 0 Å². The minimum absolute atomic E-state index is 0.318. The largest absolute Gasteiger partial charge is 0.642 e. The quantitative estimate of drug-likeness (QED) is 0.284. The Balaban J connectivity index is 5.00. The molecule has 0 aliphatic carbocycles. The summed E-state index contributed by atoms with van der Waals surface area (Å²) in [5.41, 5.74) is 0. The minimum Gasteiger partial charge on any atom is -0.439 e. The monoisotopic (exact) mass is 444 g/mol. The van der Waals surface area contributed by atoms with Gasteiger partial charge in [-0.15, -0.1) is 0 Å². The van der Waals surface area contributed by atoms with E-state index in [4.69, 9.17) is 32.9 Å². The molecule has 0 N–H and O–H groups in total. The number of hydrogen-bond acceptors (Lipinski definition) is 8. The predicted molar refractivity (Wildman–Crippen MR) is 89.5 cm³/mol. The van der Waals surface area contributed by atoms with E-state index in [1.165, 1.54) is 0 Å². The Labute approximate surface area is 147 Å². The van der Waals surface area contributed by atoms with Gasteiger partial charge in [-0.05, 0) is 26.2 Å². The van der Waals surface area contributed by atoms with Crippen LogP contribution in [0, 0.1) is 0 Å². The van der Waals surface area contributed by atoms with Crippen LogP contribution in [0.1, 0.15) is 0 Å². The Bertz CT molecular complexity index is 246. The van der Waals surface area contributed by atoms with E-state index in [0.717, 1.165) is 0 Å². The molecule has 0 heterocycles. The molecule has 0 aromatic rings. The second kappa shape index (κ2) is 12.1. The summed E-state index contributed by atoms with van der Waals surface area (Å²) in [6.45, 7) is 7.97. The van der Waals surface area contributed by atoms with Crippen molar-refractivity contribution in [2.45, 2.75) is 26.2 Å². The van der Waals surface area contributed by atoms with Crippen molar-refractivity contribution >= 4 is 88.1 Å². The molecule has 0 bridgehead atoms. The molecule has 0 fully saturated rings. The topological polar surface area (TPSA) is 73.8 Å². The predicted octanol–water partition coefficient (Wildman–Crippen LogP) is -2.71. The molecular weight excluding hydrogens is 429 g/mol. The van der Waals surface area contributed by atoms with Crippen molar-refractivity contribution in [3.8, 4) is 0 Å². The standard InChI is InChI=1S/C4H16O8Si9/c1-19(2)11-20(3,4)12-21(8-16-5-13,9-17-6-14)10-18-7-15/h13-15,19H,1-4H3. The first-order chi connectivity index (χ1) is 9.81. The van der Waals surface area contributed by atoms with Gasteiger partial charge in [-0.2, -0.15) is 0 Å². The van der Waals surface area contributed by atoms with Crippen molar-refractivity contribution in [3.05, 3.63) is 0 Å².